The highest BCUT2D eigenvalue weighted by atomic mass is 32.2. The number of nitrogens with zero attached hydrogens (tertiary/aromatic N) is 3. The summed E-state index contributed by atoms with van der Waals surface area (Å²) in [5.74, 6) is 0. The van der Waals surface area contributed by atoms with Gasteiger partial charge < -0.3 is 9.67 Å². The van der Waals surface area contributed by atoms with E-state index in [2.05, 4.69) is 4.98 Å². The minimum absolute atomic E-state index is 0.00345. The Labute approximate surface area is 137 Å². The quantitative estimate of drug-likeness (QED) is 0.839. The number of hydrogen-bond acceptors (Lipinski definition) is 4. The van der Waals surface area contributed by atoms with Crippen molar-refractivity contribution in [2.75, 3.05) is 6.61 Å². The summed E-state index contributed by atoms with van der Waals surface area (Å²) in [6.07, 6.45) is 3.14. The minimum Gasteiger partial charge on any atom is -0.395 e. The number of aliphatic hydroxyl groups excluding tert-OH is 1. The molecule has 0 saturated heterocycles. The summed E-state index contributed by atoms with van der Waals surface area (Å²) in [4.78, 5) is 4.04. The SMILES string of the molecule is CC(CO)N(Cc1ccccc1)S(=O)(=O)c1nccn1C(C)C. The van der Waals surface area contributed by atoms with Crippen LogP contribution in [0.5, 0.6) is 0 Å². The van der Waals surface area contributed by atoms with Gasteiger partial charge in [0.25, 0.3) is 10.0 Å². The number of aliphatic hydroxyl groups is 1. The molecule has 2 rings (SSSR count). The third kappa shape index (κ3) is 3.80. The molecule has 1 unspecified atom stereocenters. The van der Waals surface area contributed by atoms with Crippen molar-refractivity contribution in [3.05, 3.63) is 48.3 Å². The molecule has 0 aliphatic carbocycles. The lowest BCUT2D eigenvalue weighted by molar-refractivity contribution is 0.193. The van der Waals surface area contributed by atoms with Crippen LogP contribution >= 0.6 is 0 Å². The Morgan fingerprint density at radius 3 is 2.43 bits per heavy atom. The third-order valence-electron chi connectivity index (χ3n) is 3.67. The van der Waals surface area contributed by atoms with Crippen molar-refractivity contribution in [3.63, 3.8) is 0 Å². The Kier molecular flexibility index (Phi) is 5.56. The third-order valence-corrected chi connectivity index (χ3v) is 5.55. The Bertz CT molecular complexity index is 726. The average molecular weight is 337 g/mol. The summed E-state index contributed by atoms with van der Waals surface area (Å²) >= 11 is 0. The molecule has 126 valence electrons. The summed E-state index contributed by atoms with van der Waals surface area (Å²) < 4.78 is 29.0. The zero-order valence-corrected chi connectivity index (χ0v) is 14.4. The Morgan fingerprint density at radius 2 is 1.87 bits per heavy atom. The second-order valence-corrected chi connectivity index (χ2v) is 7.56. The van der Waals surface area contributed by atoms with Crippen molar-refractivity contribution in [2.24, 2.45) is 0 Å². The van der Waals surface area contributed by atoms with Gasteiger partial charge >= 0.3 is 0 Å². The van der Waals surface area contributed by atoms with Gasteiger partial charge in [-0.25, -0.2) is 13.4 Å². The first kappa shape index (κ1) is 17.7. The maximum Gasteiger partial charge on any atom is 0.277 e. The predicted molar refractivity (Wildman–Crippen MR) is 88.3 cm³/mol. The molecule has 0 aliphatic rings. The summed E-state index contributed by atoms with van der Waals surface area (Å²) in [6.45, 7) is 5.42. The smallest absolute Gasteiger partial charge is 0.277 e. The van der Waals surface area contributed by atoms with Crippen LogP contribution in [-0.4, -0.2) is 40.0 Å². The molecule has 0 radical (unpaired) electrons. The topological polar surface area (TPSA) is 75.4 Å². The van der Waals surface area contributed by atoms with E-state index in [1.807, 2.05) is 44.2 Å². The highest BCUT2D eigenvalue weighted by Crippen LogP contribution is 2.22. The first-order chi connectivity index (χ1) is 10.9. The first-order valence-electron chi connectivity index (χ1n) is 7.57. The van der Waals surface area contributed by atoms with Gasteiger partial charge in [0.05, 0.1) is 6.61 Å². The number of imidazole rings is 1. The fourth-order valence-electron chi connectivity index (χ4n) is 2.33. The van der Waals surface area contributed by atoms with Gasteiger partial charge in [-0.1, -0.05) is 30.3 Å². The van der Waals surface area contributed by atoms with Crippen molar-refractivity contribution in [2.45, 2.75) is 44.6 Å². The monoisotopic (exact) mass is 337 g/mol. The zero-order valence-electron chi connectivity index (χ0n) is 13.6. The van der Waals surface area contributed by atoms with E-state index in [1.54, 1.807) is 17.7 Å². The van der Waals surface area contributed by atoms with Crippen molar-refractivity contribution in [3.8, 4) is 0 Å². The Hall–Kier alpha value is -1.70. The van der Waals surface area contributed by atoms with Gasteiger partial charge in [0.15, 0.2) is 0 Å². The largest absolute Gasteiger partial charge is 0.395 e. The van der Waals surface area contributed by atoms with Gasteiger partial charge in [0.1, 0.15) is 0 Å². The van der Waals surface area contributed by atoms with Crippen LogP contribution in [0.2, 0.25) is 0 Å². The summed E-state index contributed by atoms with van der Waals surface area (Å²) in [7, 11) is -3.82. The van der Waals surface area contributed by atoms with Gasteiger partial charge in [-0.3, -0.25) is 0 Å². The molecule has 0 saturated carbocycles. The molecule has 0 amide bonds. The number of benzene rings is 1. The molecule has 2 aromatic rings. The van der Waals surface area contributed by atoms with E-state index in [0.29, 0.717) is 0 Å². The zero-order chi connectivity index (χ0) is 17.0. The van der Waals surface area contributed by atoms with E-state index in [9.17, 15) is 13.5 Å². The van der Waals surface area contributed by atoms with Crippen LogP contribution in [0, 0.1) is 0 Å². The molecule has 1 atom stereocenters. The maximum atomic E-state index is 13.1. The highest BCUT2D eigenvalue weighted by Gasteiger charge is 2.33. The van der Waals surface area contributed by atoms with E-state index in [4.69, 9.17) is 0 Å². The Balaban J connectivity index is 2.43. The van der Waals surface area contributed by atoms with Gasteiger partial charge in [0.2, 0.25) is 5.16 Å². The first-order valence-corrected chi connectivity index (χ1v) is 9.01. The molecule has 0 bridgehead atoms. The average Bonchev–Trinajstić information content (AvgIpc) is 3.03. The van der Waals surface area contributed by atoms with Crippen LogP contribution in [0.3, 0.4) is 0 Å². The van der Waals surface area contributed by atoms with Crippen molar-refractivity contribution < 1.29 is 13.5 Å². The van der Waals surface area contributed by atoms with Crippen LogP contribution < -0.4 is 0 Å². The molecule has 6 nitrogen and oxygen atoms in total. The van der Waals surface area contributed by atoms with Crippen LogP contribution in [0.15, 0.2) is 47.9 Å². The van der Waals surface area contributed by atoms with E-state index in [0.717, 1.165) is 5.56 Å². The number of hydrogen-bond donors (Lipinski definition) is 1. The van der Waals surface area contributed by atoms with Crippen LogP contribution in [0.1, 0.15) is 32.4 Å². The van der Waals surface area contributed by atoms with Crippen molar-refractivity contribution >= 4 is 10.0 Å². The van der Waals surface area contributed by atoms with Crippen LogP contribution in [-0.2, 0) is 16.6 Å². The van der Waals surface area contributed by atoms with E-state index >= 15 is 0 Å². The van der Waals surface area contributed by atoms with Gasteiger partial charge in [-0.15, -0.1) is 0 Å². The predicted octanol–water partition coefficient (Wildman–Crippen LogP) is 2.04. The number of rotatable bonds is 7. The molecule has 1 aromatic carbocycles. The summed E-state index contributed by atoms with van der Waals surface area (Å²) in [5, 5.41) is 9.49. The summed E-state index contributed by atoms with van der Waals surface area (Å²) in [6, 6.07) is 8.76. The number of aromatic nitrogens is 2. The molecule has 23 heavy (non-hydrogen) atoms. The second-order valence-electron chi connectivity index (χ2n) is 5.78. The lowest BCUT2D eigenvalue weighted by atomic mass is 10.2. The van der Waals surface area contributed by atoms with E-state index in [-0.39, 0.29) is 24.3 Å². The molecule has 1 aromatic heterocycles. The lowest BCUT2D eigenvalue weighted by Gasteiger charge is -2.27. The second kappa shape index (κ2) is 7.25. The molecule has 1 N–H and O–H groups in total. The van der Waals surface area contributed by atoms with Crippen LogP contribution in [0.25, 0.3) is 0 Å². The maximum absolute atomic E-state index is 13.1. The normalized spacial score (nSPS) is 13.7. The summed E-state index contributed by atoms with van der Waals surface area (Å²) in [5.41, 5.74) is 0.860. The van der Waals surface area contributed by atoms with E-state index in [1.165, 1.54) is 10.5 Å². The van der Waals surface area contributed by atoms with E-state index < -0.39 is 16.1 Å². The van der Waals surface area contributed by atoms with Crippen molar-refractivity contribution in [1.29, 1.82) is 0 Å². The Morgan fingerprint density at radius 1 is 1.22 bits per heavy atom. The lowest BCUT2D eigenvalue weighted by Crippen LogP contribution is -2.41. The number of sulfonamides is 1. The molecule has 0 spiro atoms. The highest BCUT2D eigenvalue weighted by molar-refractivity contribution is 7.89. The van der Waals surface area contributed by atoms with Crippen molar-refractivity contribution in [1.82, 2.24) is 13.9 Å². The molecular weight excluding hydrogens is 314 g/mol. The van der Waals surface area contributed by atoms with Crippen LogP contribution in [0.4, 0.5) is 0 Å². The minimum atomic E-state index is -3.82. The van der Waals surface area contributed by atoms with Gasteiger partial charge in [0, 0.05) is 31.0 Å². The standard InChI is InChI=1S/C16H23N3O3S/c1-13(2)18-10-9-17-16(18)23(21,22)19(14(3)12-20)11-15-7-5-4-6-8-15/h4-10,13-14,20H,11-12H2,1-3H3. The molecular formula is C16H23N3O3S. The fraction of sp³-hybridized carbons (Fsp3) is 0.438. The fourth-order valence-corrected chi connectivity index (χ4v) is 4.13. The van der Waals surface area contributed by atoms with Gasteiger partial charge in [-0.2, -0.15) is 4.31 Å². The molecule has 7 heteroatoms. The molecule has 0 aliphatic heterocycles. The molecule has 0 fully saturated rings. The molecule has 1 heterocycles. The van der Waals surface area contributed by atoms with Gasteiger partial charge in [-0.05, 0) is 26.3 Å².